The molecule has 2 heterocycles. The van der Waals surface area contributed by atoms with Gasteiger partial charge in [-0.05, 0) is 44.0 Å². The minimum Gasteiger partial charge on any atom is -0.367 e. The van der Waals surface area contributed by atoms with Gasteiger partial charge in [-0.25, -0.2) is 4.39 Å². The Morgan fingerprint density at radius 2 is 1.75 bits per heavy atom. The van der Waals surface area contributed by atoms with E-state index in [4.69, 9.17) is 4.52 Å². The van der Waals surface area contributed by atoms with Crippen LogP contribution >= 0.6 is 0 Å². The van der Waals surface area contributed by atoms with Crippen LogP contribution in [0.15, 0.2) is 53.1 Å². The number of carbonyl (C=O) groups excluding carboxylic acids is 1. The van der Waals surface area contributed by atoms with E-state index in [0.29, 0.717) is 62.2 Å². The molecule has 0 saturated carbocycles. The van der Waals surface area contributed by atoms with Crippen LogP contribution in [0.4, 0.5) is 10.1 Å². The van der Waals surface area contributed by atoms with E-state index >= 15 is 4.39 Å². The van der Waals surface area contributed by atoms with Crippen molar-refractivity contribution in [3.05, 3.63) is 65.8 Å². The molecule has 2 unspecified atom stereocenters. The highest BCUT2D eigenvalue weighted by atomic mass is 19.1. The van der Waals surface area contributed by atoms with Crippen LogP contribution in [-0.2, 0) is 4.79 Å². The lowest BCUT2D eigenvalue weighted by molar-refractivity contribution is -0.137. The standard InChI is InChI=1S/C28H36FN5O2/c1-5-20(4)27-30-26(31-36-27)22-13-14-24(23(29)19-22)33-15-17-34(18-16-33)25(21-11-9-8-10-12-21)28(35)32(6-2)7-3/h8-14,19-20,25H,5-7,15-18H2,1-4H3. The third-order valence-corrected chi connectivity index (χ3v) is 7.13. The van der Waals surface area contributed by atoms with Gasteiger partial charge in [0.05, 0.1) is 5.69 Å². The van der Waals surface area contributed by atoms with Gasteiger partial charge < -0.3 is 14.3 Å². The highest BCUT2D eigenvalue weighted by molar-refractivity contribution is 5.83. The summed E-state index contributed by atoms with van der Waals surface area (Å²) in [7, 11) is 0. The van der Waals surface area contributed by atoms with Crippen molar-refractivity contribution in [1.82, 2.24) is 19.9 Å². The molecule has 1 fully saturated rings. The number of hydrogen-bond acceptors (Lipinski definition) is 6. The zero-order valence-corrected chi connectivity index (χ0v) is 21.7. The second kappa shape index (κ2) is 11.6. The maximum absolute atomic E-state index is 15.2. The van der Waals surface area contributed by atoms with Gasteiger partial charge in [0, 0.05) is 50.7 Å². The summed E-state index contributed by atoms with van der Waals surface area (Å²) in [5.41, 5.74) is 2.15. The number of rotatable bonds is 9. The molecule has 1 aromatic heterocycles. The highest BCUT2D eigenvalue weighted by Gasteiger charge is 2.33. The molecule has 3 aromatic rings. The Balaban J connectivity index is 1.48. The Morgan fingerprint density at radius 3 is 2.36 bits per heavy atom. The van der Waals surface area contributed by atoms with Crippen LogP contribution in [0.2, 0.25) is 0 Å². The number of nitrogens with zero attached hydrogens (tertiary/aromatic N) is 5. The van der Waals surface area contributed by atoms with Crippen LogP contribution in [0.5, 0.6) is 0 Å². The van der Waals surface area contributed by atoms with Crippen molar-refractivity contribution >= 4 is 11.6 Å². The zero-order valence-electron chi connectivity index (χ0n) is 21.7. The van der Waals surface area contributed by atoms with Crippen molar-refractivity contribution in [3.63, 3.8) is 0 Å². The van der Waals surface area contributed by atoms with Crippen LogP contribution < -0.4 is 4.90 Å². The number of amides is 1. The maximum atomic E-state index is 15.2. The Hall–Kier alpha value is -3.26. The molecule has 0 spiro atoms. The fourth-order valence-corrected chi connectivity index (χ4v) is 4.70. The van der Waals surface area contributed by atoms with E-state index in [-0.39, 0.29) is 23.7 Å². The quantitative estimate of drug-likeness (QED) is 0.412. The van der Waals surface area contributed by atoms with Gasteiger partial charge in [-0.1, -0.05) is 49.3 Å². The molecule has 0 radical (unpaired) electrons. The second-order valence-corrected chi connectivity index (χ2v) is 9.28. The van der Waals surface area contributed by atoms with E-state index in [0.717, 1.165) is 12.0 Å². The Bertz CT molecular complexity index is 1140. The first-order valence-corrected chi connectivity index (χ1v) is 12.9. The van der Waals surface area contributed by atoms with Gasteiger partial charge in [-0.15, -0.1) is 0 Å². The van der Waals surface area contributed by atoms with Gasteiger partial charge in [-0.2, -0.15) is 4.98 Å². The third kappa shape index (κ3) is 5.43. The average molecular weight is 494 g/mol. The molecule has 7 nitrogen and oxygen atoms in total. The predicted octanol–water partition coefficient (Wildman–Crippen LogP) is 5.12. The van der Waals surface area contributed by atoms with Crippen molar-refractivity contribution in [2.24, 2.45) is 0 Å². The van der Waals surface area contributed by atoms with E-state index in [1.807, 2.05) is 67.0 Å². The number of aromatic nitrogens is 2. The van der Waals surface area contributed by atoms with E-state index in [1.165, 1.54) is 6.07 Å². The normalized spacial score (nSPS) is 16.1. The summed E-state index contributed by atoms with van der Waals surface area (Å²) in [4.78, 5) is 24.0. The van der Waals surface area contributed by atoms with Crippen molar-refractivity contribution in [1.29, 1.82) is 0 Å². The molecule has 192 valence electrons. The fraction of sp³-hybridized carbons (Fsp3) is 0.464. The summed E-state index contributed by atoms with van der Waals surface area (Å²) in [5.74, 6) is 0.947. The van der Waals surface area contributed by atoms with Crippen LogP contribution in [0.3, 0.4) is 0 Å². The van der Waals surface area contributed by atoms with E-state index in [2.05, 4.69) is 22.0 Å². The monoisotopic (exact) mass is 493 g/mol. The van der Waals surface area contributed by atoms with E-state index < -0.39 is 0 Å². The predicted molar refractivity (Wildman–Crippen MR) is 139 cm³/mol. The molecule has 2 atom stereocenters. The smallest absolute Gasteiger partial charge is 0.244 e. The first-order chi connectivity index (χ1) is 17.5. The Morgan fingerprint density at radius 1 is 1.06 bits per heavy atom. The van der Waals surface area contributed by atoms with Crippen molar-refractivity contribution in [3.8, 4) is 11.4 Å². The molecular formula is C28H36FN5O2. The first-order valence-electron chi connectivity index (χ1n) is 12.9. The molecule has 1 aliphatic heterocycles. The Kier molecular flexibility index (Phi) is 8.36. The lowest BCUT2D eigenvalue weighted by Gasteiger charge is -2.41. The Labute approximate surface area is 212 Å². The lowest BCUT2D eigenvalue weighted by atomic mass is 10.0. The number of anilines is 1. The van der Waals surface area contributed by atoms with E-state index in [1.54, 1.807) is 6.07 Å². The molecule has 36 heavy (non-hydrogen) atoms. The third-order valence-electron chi connectivity index (χ3n) is 7.13. The summed E-state index contributed by atoms with van der Waals surface area (Å²) in [6.45, 7) is 12.0. The van der Waals surface area contributed by atoms with Gasteiger partial charge in [-0.3, -0.25) is 9.69 Å². The van der Waals surface area contributed by atoms with Crippen molar-refractivity contribution < 1.29 is 13.7 Å². The number of piperazine rings is 1. The first kappa shape index (κ1) is 25.8. The summed E-state index contributed by atoms with van der Waals surface area (Å²) >= 11 is 0. The van der Waals surface area contributed by atoms with Crippen LogP contribution in [0.25, 0.3) is 11.4 Å². The topological polar surface area (TPSA) is 65.7 Å². The molecule has 1 saturated heterocycles. The minimum absolute atomic E-state index is 0.118. The van der Waals surface area contributed by atoms with E-state index in [9.17, 15) is 4.79 Å². The van der Waals surface area contributed by atoms with Crippen LogP contribution in [0, 0.1) is 5.82 Å². The van der Waals surface area contributed by atoms with Gasteiger partial charge in [0.1, 0.15) is 11.9 Å². The molecule has 0 bridgehead atoms. The zero-order chi connectivity index (χ0) is 25.7. The number of hydrogen-bond donors (Lipinski definition) is 0. The highest BCUT2D eigenvalue weighted by Crippen LogP contribution is 2.30. The van der Waals surface area contributed by atoms with Crippen LogP contribution in [-0.4, -0.2) is 65.1 Å². The van der Waals surface area contributed by atoms with Gasteiger partial charge in [0.15, 0.2) is 0 Å². The van der Waals surface area contributed by atoms with Crippen molar-refractivity contribution in [2.75, 3.05) is 44.2 Å². The molecule has 0 aliphatic carbocycles. The average Bonchev–Trinajstić information content (AvgIpc) is 3.41. The number of halogens is 1. The molecule has 4 rings (SSSR count). The molecular weight excluding hydrogens is 457 g/mol. The van der Waals surface area contributed by atoms with Gasteiger partial charge >= 0.3 is 0 Å². The summed E-state index contributed by atoms with van der Waals surface area (Å²) in [6, 6.07) is 14.7. The summed E-state index contributed by atoms with van der Waals surface area (Å²) in [5, 5.41) is 4.03. The van der Waals surface area contributed by atoms with Gasteiger partial charge in [0.25, 0.3) is 0 Å². The largest absolute Gasteiger partial charge is 0.367 e. The van der Waals surface area contributed by atoms with Crippen LogP contribution in [0.1, 0.15) is 57.5 Å². The molecule has 1 aliphatic rings. The molecule has 0 N–H and O–H groups in total. The van der Waals surface area contributed by atoms with Crippen molar-refractivity contribution in [2.45, 2.75) is 46.1 Å². The molecule has 1 amide bonds. The number of carbonyl (C=O) groups is 1. The lowest BCUT2D eigenvalue weighted by Crippen LogP contribution is -2.51. The molecule has 8 heteroatoms. The molecule has 2 aromatic carbocycles. The number of benzene rings is 2. The minimum atomic E-state index is -0.335. The maximum Gasteiger partial charge on any atom is 0.244 e. The SMILES string of the molecule is CCC(C)c1nc(-c2ccc(N3CCN(C(C(=O)N(CC)CC)c4ccccc4)CC3)c(F)c2)no1. The summed E-state index contributed by atoms with van der Waals surface area (Å²) < 4.78 is 20.5. The number of likely N-dealkylation sites (N-methyl/N-ethyl adjacent to an activating group) is 1. The summed E-state index contributed by atoms with van der Waals surface area (Å²) in [6.07, 6.45) is 0.895. The van der Waals surface area contributed by atoms with Gasteiger partial charge in [0.2, 0.25) is 17.6 Å². The second-order valence-electron chi connectivity index (χ2n) is 9.28. The fourth-order valence-electron chi connectivity index (χ4n) is 4.70.